The molecule has 1 aliphatic carbocycles. The summed E-state index contributed by atoms with van der Waals surface area (Å²) in [6.45, 7) is 2.52. The molecule has 0 unspecified atom stereocenters. The van der Waals surface area contributed by atoms with Gasteiger partial charge in [0.15, 0.2) is 0 Å². The number of piperidine rings is 1. The maximum absolute atomic E-state index is 13.9. The molecule has 0 atom stereocenters. The summed E-state index contributed by atoms with van der Waals surface area (Å²) >= 11 is 0. The first kappa shape index (κ1) is 26.7. The number of carbonyl (C=O) groups is 2. The Morgan fingerprint density at radius 1 is 1.03 bits per heavy atom. The lowest BCUT2D eigenvalue weighted by molar-refractivity contribution is -0.121. The van der Waals surface area contributed by atoms with Gasteiger partial charge in [-0.05, 0) is 93.2 Å². The number of nitrogens with one attached hydrogen (secondary N) is 2. The van der Waals surface area contributed by atoms with E-state index in [1.807, 2.05) is 42.5 Å². The largest absolute Gasteiger partial charge is 0.343 e. The van der Waals surface area contributed by atoms with Crippen LogP contribution in [0.3, 0.4) is 0 Å². The Morgan fingerprint density at radius 3 is 2.44 bits per heavy atom. The minimum atomic E-state index is -0.718. The van der Waals surface area contributed by atoms with Crippen molar-refractivity contribution in [3.63, 3.8) is 0 Å². The first-order chi connectivity index (χ1) is 18.9. The summed E-state index contributed by atoms with van der Waals surface area (Å²) in [5.41, 5.74) is 2.38. The molecule has 3 aromatic rings. The van der Waals surface area contributed by atoms with Gasteiger partial charge in [-0.25, -0.2) is 8.78 Å². The van der Waals surface area contributed by atoms with Crippen LogP contribution in [0.4, 0.5) is 14.5 Å². The molecule has 2 fully saturated rings. The highest BCUT2D eigenvalue weighted by atomic mass is 19.1. The summed E-state index contributed by atoms with van der Waals surface area (Å²) in [6, 6.07) is 16.8. The van der Waals surface area contributed by atoms with Gasteiger partial charge >= 0.3 is 0 Å². The molecular weight excluding hydrogens is 498 g/mol. The van der Waals surface area contributed by atoms with Crippen molar-refractivity contribution in [1.29, 1.82) is 0 Å². The Hall–Kier alpha value is -3.91. The number of pyridine rings is 1. The predicted octanol–water partition coefficient (Wildman–Crippen LogP) is 5.42. The van der Waals surface area contributed by atoms with Gasteiger partial charge < -0.3 is 10.6 Å². The first-order valence-electron chi connectivity index (χ1n) is 13.4. The van der Waals surface area contributed by atoms with Crippen LogP contribution in [0, 0.1) is 17.6 Å². The zero-order chi connectivity index (χ0) is 27.2. The summed E-state index contributed by atoms with van der Waals surface area (Å²) < 4.78 is 27.0. The highest BCUT2D eigenvalue weighted by Crippen LogP contribution is 2.41. The molecule has 2 aliphatic rings. The van der Waals surface area contributed by atoms with E-state index in [1.54, 1.807) is 6.20 Å². The average Bonchev–Trinajstić information content (AvgIpc) is 2.92. The lowest BCUT2D eigenvalue weighted by Gasteiger charge is -2.43. The van der Waals surface area contributed by atoms with Crippen molar-refractivity contribution in [3.8, 4) is 0 Å². The van der Waals surface area contributed by atoms with Crippen LogP contribution in [-0.4, -0.2) is 34.8 Å². The van der Waals surface area contributed by atoms with Crippen LogP contribution in [0.15, 0.2) is 72.9 Å². The van der Waals surface area contributed by atoms with Crippen molar-refractivity contribution in [2.45, 2.75) is 44.2 Å². The van der Waals surface area contributed by atoms with Crippen molar-refractivity contribution in [3.05, 3.63) is 101 Å². The second kappa shape index (κ2) is 11.9. The number of halogens is 2. The van der Waals surface area contributed by atoms with Crippen LogP contribution in [0.25, 0.3) is 6.08 Å². The molecule has 0 radical (unpaired) electrons. The van der Waals surface area contributed by atoms with Crippen LogP contribution < -0.4 is 10.6 Å². The Kier molecular flexibility index (Phi) is 8.12. The van der Waals surface area contributed by atoms with Gasteiger partial charge in [-0.15, -0.1) is 0 Å². The number of nitrogens with zero attached hydrogens (tertiary/aromatic N) is 2. The summed E-state index contributed by atoms with van der Waals surface area (Å²) in [4.78, 5) is 32.3. The fourth-order valence-corrected chi connectivity index (χ4v) is 5.29. The quantitative estimate of drug-likeness (QED) is 0.382. The summed E-state index contributed by atoms with van der Waals surface area (Å²) in [7, 11) is 0. The minimum Gasteiger partial charge on any atom is -0.343 e. The van der Waals surface area contributed by atoms with Crippen molar-refractivity contribution in [2.24, 2.45) is 5.92 Å². The maximum atomic E-state index is 13.9. The van der Waals surface area contributed by atoms with E-state index in [9.17, 15) is 18.4 Å². The van der Waals surface area contributed by atoms with Crippen molar-refractivity contribution < 1.29 is 18.4 Å². The van der Waals surface area contributed by atoms with Gasteiger partial charge in [0, 0.05) is 42.1 Å². The van der Waals surface area contributed by atoms with E-state index in [4.69, 9.17) is 0 Å². The summed E-state index contributed by atoms with van der Waals surface area (Å²) in [6.07, 6.45) is 8.60. The molecule has 1 saturated heterocycles. The van der Waals surface area contributed by atoms with Gasteiger partial charge in [0.2, 0.25) is 11.8 Å². The SMILES string of the molecule is O=C(/C=C/c1ccc(F)cc1F)NC1(c2ccc(NC(=O)C3CCN(Cc4ccccn4)CC3)cc2)CCC1. The molecule has 5 rings (SSSR count). The fraction of sp³-hybridized carbons (Fsp3) is 0.323. The Labute approximate surface area is 227 Å². The van der Waals surface area contributed by atoms with E-state index < -0.39 is 17.2 Å². The monoisotopic (exact) mass is 530 g/mol. The van der Waals surface area contributed by atoms with Crippen molar-refractivity contribution in [2.75, 3.05) is 18.4 Å². The van der Waals surface area contributed by atoms with Crippen LogP contribution >= 0.6 is 0 Å². The number of likely N-dealkylation sites (tertiary alicyclic amines) is 1. The zero-order valence-electron chi connectivity index (χ0n) is 21.7. The second-order valence-corrected chi connectivity index (χ2v) is 10.4. The highest BCUT2D eigenvalue weighted by molar-refractivity contribution is 5.93. The van der Waals surface area contributed by atoms with E-state index in [2.05, 4.69) is 20.5 Å². The third kappa shape index (κ3) is 6.57. The van der Waals surface area contributed by atoms with Gasteiger partial charge in [0.1, 0.15) is 11.6 Å². The smallest absolute Gasteiger partial charge is 0.244 e. The van der Waals surface area contributed by atoms with Gasteiger partial charge in [0.05, 0.1) is 11.2 Å². The lowest BCUT2D eigenvalue weighted by atomic mass is 9.71. The standard InChI is InChI=1S/C31H32F2N4O2/c32-25-9-5-22(28(33)20-25)6-12-29(38)36-31(15-3-16-31)24-7-10-26(11-8-24)35-30(39)23-13-18-37(19-14-23)21-27-4-1-2-17-34-27/h1-2,4-12,17,20,23H,3,13-16,18-19,21H2,(H,35,39)(H,36,38)/b12-6+. The molecule has 2 heterocycles. The number of hydrogen-bond donors (Lipinski definition) is 2. The number of hydrogen-bond acceptors (Lipinski definition) is 4. The van der Waals surface area contributed by atoms with Crippen LogP contribution in [0.2, 0.25) is 0 Å². The molecule has 39 heavy (non-hydrogen) atoms. The minimum absolute atomic E-state index is 0.0281. The van der Waals surface area contributed by atoms with Crippen LogP contribution in [0.5, 0.6) is 0 Å². The summed E-state index contributed by atoms with van der Waals surface area (Å²) in [5.74, 6) is -1.72. The normalized spacial score (nSPS) is 17.5. The van der Waals surface area contributed by atoms with Gasteiger partial charge in [0.25, 0.3) is 0 Å². The number of benzene rings is 2. The van der Waals surface area contributed by atoms with Crippen molar-refractivity contribution >= 4 is 23.6 Å². The molecular formula is C31H32F2N4O2. The number of aromatic nitrogens is 1. The molecule has 1 aromatic heterocycles. The number of amides is 2. The van der Waals surface area contributed by atoms with Gasteiger partial charge in [-0.3, -0.25) is 19.5 Å². The Bertz CT molecular complexity index is 1330. The number of rotatable bonds is 8. The Morgan fingerprint density at radius 2 is 1.79 bits per heavy atom. The van der Waals surface area contributed by atoms with E-state index in [0.717, 1.165) is 80.8 Å². The molecule has 6 nitrogen and oxygen atoms in total. The second-order valence-electron chi connectivity index (χ2n) is 10.4. The maximum Gasteiger partial charge on any atom is 0.244 e. The average molecular weight is 531 g/mol. The van der Waals surface area contributed by atoms with Gasteiger partial charge in [-0.2, -0.15) is 0 Å². The highest BCUT2D eigenvalue weighted by Gasteiger charge is 2.39. The molecule has 8 heteroatoms. The third-order valence-electron chi connectivity index (χ3n) is 7.72. The topological polar surface area (TPSA) is 74.3 Å². The lowest BCUT2D eigenvalue weighted by Crippen LogP contribution is -2.50. The summed E-state index contributed by atoms with van der Waals surface area (Å²) in [5, 5.41) is 6.11. The fourth-order valence-electron chi connectivity index (χ4n) is 5.29. The molecule has 1 saturated carbocycles. The predicted molar refractivity (Wildman–Crippen MR) is 146 cm³/mol. The molecule has 0 bridgehead atoms. The van der Waals surface area contributed by atoms with E-state index in [1.165, 1.54) is 18.2 Å². The van der Waals surface area contributed by atoms with E-state index in [0.29, 0.717) is 0 Å². The zero-order valence-corrected chi connectivity index (χ0v) is 21.7. The van der Waals surface area contributed by atoms with Crippen LogP contribution in [-0.2, 0) is 21.7 Å². The molecule has 2 N–H and O–H groups in total. The third-order valence-corrected chi connectivity index (χ3v) is 7.72. The van der Waals surface area contributed by atoms with Crippen LogP contribution in [0.1, 0.15) is 48.9 Å². The molecule has 1 aliphatic heterocycles. The first-order valence-corrected chi connectivity index (χ1v) is 13.4. The number of carbonyl (C=O) groups excluding carboxylic acids is 2. The van der Waals surface area contributed by atoms with Crippen molar-refractivity contribution in [1.82, 2.24) is 15.2 Å². The molecule has 2 aromatic carbocycles. The molecule has 2 amide bonds. The number of anilines is 1. The molecule has 0 spiro atoms. The van der Waals surface area contributed by atoms with Gasteiger partial charge in [-0.1, -0.05) is 18.2 Å². The van der Waals surface area contributed by atoms with E-state index in [-0.39, 0.29) is 23.3 Å². The molecule has 202 valence electrons. The van der Waals surface area contributed by atoms with E-state index >= 15 is 0 Å². The Balaban J connectivity index is 1.14.